The molecule has 0 saturated heterocycles. The Bertz CT molecular complexity index is 486. The maximum Gasteiger partial charge on any atom is 0.227 e. The molecule has 1 N–H and O–H groups in total. The molecule has 0 aromatic heterocycles. The highest BCUT2D eigenvalue weighted by Crippen LogP contribution is 2.31. The van der Waals surface area contributed by atoms with Gasteiger partial charge in [-0.2, -0.15) is 0 Å². The number of benzene rings is 1. The Morgan fingerprint density at radius 2 is 2.32 bits per heavy atom. The lowest BCUT2D eigenvalue weighted by molar-refractivity contribution is -0.123. The Morgan fingerprint density at radius 3 is 3.05 bits per heavy atom. The van der Waals surface area contributed by atoms with Gasteiger partial charge in [-0.15, -0.1) is 12.3 Å². The molecule has 2 nitrogen and oxygen atoms in total. The molecule has 1 aliphatic carbocycles. The fraction of sp³-hybridized carbons (Fsp3) is 0.471. The molecule has 0 saturated carbocycles. The summed E-state index contributed by atoms with van der Waals surface area (Å²) < 4.78 is 0. The van der Waals surface area contributed by atoms with Crippen LogP contribution < -0.4 is 5.32 Å². The highest BCUT2D eigenvalue weighted by Gasteiger charge is 2.26. The van der Waals surface area contributed by atoms with Crippen LogP contribution in [0.2, 0.25) is 0 Å². The molecule has 0 radical (unpaired) electrons. The summed E-state index contributed by atoms with van der Waals surface area (Å²) >= 11 is 0. The van der Waals surface area contributed by atoms with Crippen LogP contribution in [0.4, 0.5) is 0 Å². The van der Waals surface area contributed by atoms with Crippen molar-refractivity contribution in [2.75, 3.05) is 0 Å². The fourth-order valence-electron chi connectivity index (χ4n) is 2.77. The minimum Gasteiger partial charge on any atom is -0.352 e. The number of nitrogens with one attached hydrogen (secondary N) is 1. The number of terminal acetylenes is 1. The van der Waals surface area contributed by atoms with Crippen molar-refractivity contribution in [2.45, 2.75) is 51.0 Å². The Morgan fingerprint density at radius 1 is 1.53 bits per heavy atom. The Kier molecular flexibility index (Phi) is 4.63. The van der Waals surface area contributed by atoms with Crippen LogP contribution in [0.3, 0.4) is 0 Å². The Hall–Kier alpha value is -1.75. The topological polar surface area (TPSA) is 29.1 Å². The van der Waals surface area contributed by atoms with E-state index in [0.29, 0.717) is 6.42 Å². The van der Waals surface area contributed by atoms with E-state index in [0.717, 1.165) is 25.7 Å². The van der Waals surface area contributed by atoms with Gasteiger partial charge in [0.1, 0.15) is 0 Å². The molecule has 2 rings (SSSR count). The van der Waals surface area contributed by atoms with E-state index in [-0.39, 0.29) is 17.9 Å². The van der Waals surface area contributed by atoms with Gasteiger partial charge in [-0.05, 0) is 36.8 Å². The third-order valence-electron chi connectivity index (χ3n) is 3.89. The normalized spacial score (nSPS) is 19.1. The number of rotatable bonds is 4. The van der Waals surface area contributed by atoms with Crippen LogP contribution in [0.25, 0.3) is 0 Å². The van der Waals surface area contributed by atoms with Crippen molar-refractivity contribution in [3.05, 3.63) is 35.4 Å². The van der Waals surface area contributed by atoms with Crippen molar-refractivity contribution in [2.24, 2.45) is 0 Å². The van der Waals surface area contributed by atoms with Crippen LogP contribution >= 0.6 is 0 Å². The first kappa shape index (κ1) is 13.7. The SMILES string of the molecule is C#CCC(CC)NC(=O)C1CCCc2ccccc21. The number of amides is 1. The van der Waals surface area contributed by atoms with Crippen LogP contribution in [0, 0.1) is 12.3 Å². The summed E-state index contributed by atoms with van der Waals surface area (Å²) in [5.41, 5.74) is 2.51. The van der Waals surface area contributed by atoms with Crippen LogP contribution in [-0.2, 0) is 11.2 Å². The van der Waals surface area contributed by atoms with Crippen LogP contribution in [0.5, 0.6) is 0 Å². The highest BCUT2D eigenvalue weighted by molar-refractivity contribution is 5.84. The molecule has 0 bridgehead atoms. The summed E-state index contributed by atoms with van der Waals surface area (Å²) in [6.07, 6.45) is 9.93. The quantitative estimate of drug-likeness (QED) is 0.823. The van der Waals surface area contributed by atoms with Gasteiger partial charge in [0, 0.05) is 12.5 Å². The Balaban J connectivity index is 2.11. The second kappa shape index (κ2) is 6.43. The smallest absolute Gasteiger partial charge is 0.227 e. The molecule has 0 spiro atoms. The molecule has 100 valence electrons. The minimum absolute atomic E-state index is 0.00299. The van der Waals surface area contributed by atoms with Gasteiger partial charge >= 0.3 is 0 Å². The molecule has 2 heteroatoms. The van der Waals surface area contributed by atoms with Crippen molar-refractivity contribution in [1.82, 2.24) is 5.32 Å². The lowest BCUT2D eigenvalue weighted by Gasteiger charge is -2.26. The third kappa shape index (κ3) is 3.17. The first-order valence-corrected chi connectivity index (χ1v) is 7.08. The number of hydrogen-bond donors (Lipinski definition) is 1. The van der Waals surface area contributed by atoms with Crippen LogP contribution in [0.1, 0.15) is 49.7 Å². The predicted octanol–water partition coefficient (Wildman–Crippen LogP) is 3.02. The lowest BCUT2D eigenvalue weighted by atomic mass is 9.82. The Labute approximate surface area is 115 Å². The van der Waals surface area contributed by atoms with E-state index in [2.05, 4.69) is 30.3 Å². The average molecular weight is 255 g/mol. The van der Waals surface area contributed by atoms with E-state index < -0.39 is 0 Å². The molecule has 0 aliphatic heterocycles. The summed E-state index contributed by atoms with van der Waals surface area (Å²) in [5, 5.41) is 3.10. The van der Waals surface area contributed by atoms with E-state index in [1.807, 2.05) is 12.1 Å². The molecule has 2 unspecified atom stereocenters. The van der Waals surface area contributed by atoms with E-state index >= 15 is 0 Å². The number of aryl methyl sites for hydroxylation is 1. The number of hydrogen-bond acceptors (Lipinski definition) is 1. The number of carbonyl (C=O) groups excluding carboxylic acids is 1. The van der Waals surface area contributed by atoms with Crippen LogP contribution in [0.15, 0.2) is 24.3 Å². The molecule has 1 aliphatic rings. The molecular formula is C17H21NO. The summed E-state index contributed by atoms with van der Waals surface area (Å²) in [6, 6.07) is 8.38. The van der Waals surface area contributed by atoms with Crippen molar-refractivity contribution >= 4 is 5.91 Å². The zero-order valence-corrected chi connectivity index (χ0v) is 11.5. The van der Waals surface area contributed by atoms with Gasteiger partial charge in [0.15, 0.2) is 0 Å². The zero-order valence-electron chi connectivity index (χ0n) is 11.5. The van der Waals surface area contributed by atoms with Gasteiger partial charge in [0.2, 0.25) is 5.91 Å². The predicted molar refractivity (Wildman–Crippen MR) is 77.8 cm³/mol. The fourth-order valence-corrected chi connectivity index (χ4v) is 2.77. The van der Waals surface area contributed by atoms with E-state index in [1.165, 1.54) is 11.1 Å². The second-order valence-corrected chi connectivity index (χ2v) is 5.17. The molecule has 1 aromatic rings. The average Bonchev–Trinajstić information content (AvgIpc) is 2.46. The first-order chi connectivity index (χ1) is 9.26. The van der Waals surface area contributed by atoms with Crippen molar-refractivity contribution < 1.29 is 4.79 Å². The van der Waals surface area contributed by atoms with Crippen molar-refractivity contribution in [3.63, 3.8) is 0 Å². The van der Waals surface area contributed by atoms with Crippen molar-refractivity contribution in [1.29, 1.82) is 0 Å². The molecular weight excluding hydrogens is 234 g/mol. The molecule has 0 heterocycles. The maximum atomic E-state index is 12.4. The van der Waals surface area contributed by atoms with Crippen LogP contribution in [-0.4, -0.2) is 11.9 Å². The van der Waals surface area contributed by atoms with E-state index in [1.54, 1.807) is 0 Å². The summed E-state index contributed by atoms with van der Waals surface area (Å²) in [4.78, 5) is 12.4. The summed E-state index contributed by atoms with van der Waals surface area (Å²) in [5.74, 6) is 2.76. The third-order valence-corrected chi connectivity index (χ3v) is 3.89. The largest absolute Gasteiger partial charge is 0.352 e. The van der Waals surface area contributed by atoms with Gasteiger partial charge in [-0.1, -0.05) is 31.2 Å². The van der Waals surface area contributed by atoms with Gasteiger partial charge in [-0.25, -0.2) is 0 Å². The number of fused-ring (bicyclic) bond motifs is 1. The number of carbonyl (C=O) groups is 1. The monoisotopic (exact) mass is 255 g/mol. The summed E-state index contributed by atoms with van der Waals surface area (Å²) in [6.45, 7) is 2.05. The zero-order chi connectivity index (χ0) is 13.7. The maximum absolute atomic E-state index is 12.4. The minimum atomic E-state index is -0.00299. The van der Waals surface area contributed by atoms with Gasteiger partial charge < -0.3 is 5.32 Å². The summed E-state index contributed by atoms with van der Waals surface area (Å²) in [7, 11) is 0. The molecule has 1 amide bonds. The lowest BCUT2D eigenvalue weighted by Crippen LogP contribution is -2.38. The second-order valence-electron chi connectivity index (χ2n) is 5.17. The molecule has 1 aromatic carbocycles. The van der Waals surface area contributed by atoms with E-state index in [4.69, 9.17) is 6.42 Å². The molecule has 19 heavy (non-hydrogen) atoms. The van der Waals surface area contributed by atoms with E-state index in [9.17, 15) is 4.79 Å². The standard InChI is InChI=1S/C17H21NO/c1-3-8-14(4-2)18-17(19)16-12-7-10-13-9-5-6-11-15(13)16/h1,5-6,9,11,14,16H,4,7-8,10,12H2,2H3,(H,18,19). The van der Waals surface area contributed by atoms with Gasteiger partial charge in [0.05, 0.1) is 5.92 Å². The highest BCUT2D eigenvalue weighted by atomic mass is 16.1. The van der Waals surface area contributed by atoms with Crippen molar-refractivity contribution in [3.8, 4) is 12.3 Å². The van der Waals surface area contributed by atoms with Gasteiger partial charge in [0.25, 0.3) is 0 Å². The molecule has 0 fully saturated rings. The molecule has 2 atom stereocenters. The first-order valence-electron chi connectivity index (χ1n) is 7.08. The van der Waals surface area contributed by atoms with Gasteiger partial charge in [-0.3, -0.25) is 4.79 Å².